The highest BCUT2D eigenvalue weighted by molar-refractivity contribution is 7.89. The molecule has 4 aromatic rings. The second-order valence-electron chi connectivity index (χ2n) is 8.92. The number of benzene rings is 2. The molecule has 1 aliphatic heterocycles. The largest absolute Gasteiger partial charge is 0.377 e. The Kier molecular flexibility index (Phi) is 6.01. The molecule has 0 radical (unpaired) electrons. The maximum Gasteiger partial charge on any atom is 0.252 e. The Labute approximate surface area is 202 Å². The first-order chi connectivity index (χ1) is 16.2. The molecule has 1 atom stereocenters. The van der Waals surface area contributed by atoms with E-state index in [1.165, 1.54) is 4.31 Å². The molecule has 0 aliphatic carbocycles. The first-order valence-corrected chi connectivity index (χ1v) is 13.4. The van der Waals surface area contributed by atoms with Gasteiger partial charge in [-0.25, -0.2) is 8.42 Å². The van der Waals surface area contributed by atoms with E-state index in [0.717, 1.165) is 46.6 Å². The number of rotatable bonds is 6. The molecule has 0 bridgehead atoms. The smallest absolute Gasteiger partial charge is 0.252 e. The van der Waals surface area contributed by atoms with Crippen molar-refractivity contribution in [2.75, 3.05) is 13.2 Å². The van der Waals surface area contributed by atoms with E-state index in [1.54, 1.807) is 25.1 Å². The molecule has 5 rings (SSSR count). The number of nitrogens with zero attached hydrogens (tertiary/aromatic N) is 3. The van der Waals surface area contributed by atoms with E-state index in [9.17, 15) is 13.2 Å². The summed E-state index contributed by atoms with van der Waals surface area (Å²) < 4.78 is 43.7. The van der Waals surface area contributed by atoms with Crippen molar-refractivity contribution in [3.63, 3.8) is 0 Å². The van der Waals surface area contributed by atoms with Crippen LogP contribution in [0.1, 0.15) is 35.1 Å². The number of ether oxygens (including phenoxy) is 1. The van der Waals surface area contributed by atoms with Crippen LogP contribution in [0.25, 0.3) is 21.9 Å². The number of hydrogen-bond donors (Lipinski definition) is 1. The molecule has 2 aromatic carbocycles. The molecule has 1 saturated heterocycles. The van der Waals surface area contributed by atoms with Crippen LogP contribution in [0.5, 0.6) is 0 Å². The van der Waals surface area contributed by atoms with E-state index in [2.05, 4.69) is 13.7 Å². The highest BCUT2D eigenvalue weighted by Crippen LogP contribution is 2.30. The van der Waals surface area contributed by atoms with Gasteiger partial charge in [-0.05, 0) is 80.0 Å². The standard InChI is InChI=1S/C24H26N4O4S2/c1-14-6-7-20-22(27-33-26-20)23(14)34(30,31)28(13-19-5-4-8-32-19)12-18-11-17-9-15(2)16(3)10-21(17)25-24(18)29/h6-7,9-11,19H,4-5,8,12-13H2,1-3H3,(H,25,29)/t19-/m1/s1. The topological polar surface area (TPSA) is 105 Å². The summed E-state index contributed by atoms with van der Waals surface area (Å²) in [6.45, 7) is 6.47. The third-order valence-electron chi connectivity index (χ3n) is 6.49. The SMILES string of the molecule is Cc1cc2cc(CN(C[C@H]3CCCO3)S(=O)(=O)c3c(C)ccc4nsnc34)c(=O)[nH]c2cc1C. The van der Waals surface area contributed by atoms with Gasteiger partial charge in [0.25, 0.3) is 5.56 Å². The van der Waals surface area contributed by atoms with Crippen molar-refractivity contribution in [1.29, 1.82) is 0 Å². The maximum atomic E-state index is 14.0. The molecule has 0 amide bonds. The number of aromatic amines is 1. The molecule has 8 nitrogen and oxygen atoms in total. The monoisotopic (exact) mass is 498 g/mol. The Bertz CT molecular complexity index is 1550. The maximum absolute atomic E-state index is 14.0. The van der Waals surface area contributed by atoms with Crippen molar-refractivity contribution in [3.8, 4) is 0 Å². The van der Waals surface area contributed by atoms with Crippen LogP contribution in [0.4, 0.5) is 0 Å². The molecule has 1 aliphatic rings. The molecule has 34 heavy (non-hydrogen) atoms. The minimum Gasteiger partial charge on any atom is -0.377 e. The number of hydrogen-bond acceptors (Lipinski definition) is 7. The zero-order chi connectivity index (χ0) is 24.0. The normalized spacial score (nSPS) is 16.8. The minimum atomic E-state index is -3.99. The second-order valence-corrected chi connectivity index (χ2v) is 11.3. The number of sulfonamides is 1. The number of aromatic nitrogens is 3. The van der Waals surface area contributed by atoms with Gasteiger partial charge in [-0.3, -0.25) is 4.79 Å². The van der Waals surface area contributed by atoms with Crippen LogP contribution in [-0.2, 0) is 21.3 Å². The number of H-pyrrole nitrogens is 1. The Balaban J connectivity index is 1.61. The van der Waals surface area contributed by atoms with Gasteiger partial charge in [0.15, 0.2) is 0 Å². The Morgan fingerprint density at radius 2 is 1.91 bits per heavy atom. The van der Waals surface area contributed by atoms with Crippen molar-refractivity contribution < 1.29 is 13.2 Å². The van der Waals surface area contributed by atoms with E-state index < -0.39 is 10.0 Å². The fourth-order valence-corrected chi connectivity index (χ4v) is 6.88. The van der Waals surface area contributed by atoms with Crippen LogP contribution in [0.3, 0.4) is 0 Å². The number of aryl methyl sites for hydroxylation is 3. The van der Waals surface area contributed by atoms with Crippen LogP contribution >= 0.6 is 11.7 Å². The van der Waals surface area contributed by atoms with Crippen LogP contribution in [0, 0.1) is 20.8 Å². The Morgan fingerprint density at radius 1 is 1.12 bits per heavy atom. The van der Waals surface area contributed by atoms with E-state index in [0.29, 0.717) is 28.8 Å². The summed E-state index contributed by atoms with van der Waals surface area (Å²) >= 11 is 0.984. The van der Waals surface area contributed by atoms with Crippen LogP contribution in [-0.4, -0.2) is 45.7 Å². The van der Waals surface area contributed by atoms with Gasteiger partial charge >= 0.3 is 0 Å². The van der Waals surface area contributed by atoms with E-state index in [-0.39, 0.29) is 29.6 Å². The lowest BCUT2D eigenvalue weighted by Crippen LogP contribution is -2.38. The number of nitrogens with one attached hydrogen (secondary N) is 1. The van der Waals surface area contributed by atoms with Gasteiger partial charge in [0, 0.05) is 30.8 Å². The second kappa shape index (κ2) is 8.84. The van der Waals surface area contributed by atoms with E-state index in [4.69, 9.17) is 4.74 Å². The van der Waals surface area contributed by atoms with Crippen molar-refractivity contribution in [3.05, 3.63) is 62.9 Å². The average Bonchev–Trinajstić information content (AvgIpc) is 3.46. The van der Waals surface area contributed by atoms with Gasteiger partial charge in [0.05, 0.1) is 17.8 Å². The van der Waals surface area contributed by atoms with Crippen LogP contribution < -0.4 is 5.56 Å². The minimum absolute atomic E-state index is 0.0617. The first kappa shape index (κ1) is 23.1. The molecule has 2 aromatic heterocycles. The average molecular weight is 499 g/mol. The molecule has 0 spiro atoms. The molecule has 3 heterocycles. The fraction of sp³-hybridized carbons (Fsp3) is 0.375. The van der Waals surface area contributed by atoms with Crippen molar-refractivity contribution in [2.45, 2.75) is 51.2 Å². The predicted octanol–water partition coefficient (Wildman–Crippen LogP) is 3.83. The zero-order valence-corrected chi connectivity index (χ0v) is 20.9. The van der Waals surface area contributed by atoms with Crippen LogP contribution in [0.2, 0.25) is 0 Å². The molecule has 0 saturated carbocycles. The number of pyridine rings is 1. The summed E-state index contributed by atoms with van der Waals surface area (Å²) in [7, 11) is -3.99. The van der Waals surface area contributed by atoms with Gasteiger partial charge in [0.2, 0.25) is 10.0 Å². The van der Waals surface area contributed by atoms with Crippen molar-refractivity contribution >= 4 is 43.7 Å². The third kappa shape index (κ3) is 4.15. The summed E-state index contributed by atoms with van der Waals surface area (Å²) in [5.74, 6) is 0. The Morgan fingerprint density at radius 3 is 2.68 bits per heavy atom. The van der Waals surface area contributed by atoms with Crippen molar-refractivity contribution in [1.82, 2.24) is 18.0 Å². The van der Waals surface area contributed by atoms with Crippen molar-refractivity contribution in [2.24, 2.45) is 0 Å². The summed E-state index contributed by atoms with van der Waals surface area (Å²) in [6, 6.07) is 9.26. The summed E-state index contributed by atoms with van der Waals surface area (Å²) in [4.78, 5) is 16.0. The lowest BCUT2D eigenvalue weighted by atomic mass is 10.0. The fourth-order valence-electron chi connectivity index (χ4n) is 4.48. The van der Waals surface area contributed by atoms with E-state index >= 15 is 0 Å². The van der Waals surface area contributed by atoms with Gasteiger partial charge in [-0.15, -0.1) is 0 Å². The highest BCUT2D eigenvalue weighted by Gasteiger charge is 2.33. The van der Waals surface area contributed by atoms with Gasteiger partial charge < -0.3 is 9.72 Å². The summed E-state index contributed by atoms with van der Waals surface area (Å²) in [5, 5.41) is 0.870. The Hall–Kier alpha value is -2.66. The lowest BCUT2D eigenvalue weighted by Gasteiger charge is -2.25. The molecule has 178 valence electrons. The van der Waals surface area contributed by atoms with Gasteiger partial charge in [-0.2, -0.15) is 13.1 Å². The van der Waals surface area contributed by atoms with Crippen LogP contribution in [0.15, 0.2) is 40.0 Å². The molecular weight excluding hydrogens is 472 g/mol. The summed E-state index contributed by atoms with van der Waals surface area (Å²) in [5.41, 5.74) is 4.51. The summed E-state index contributed by atoms with van der Waals surface area (Å²) in [6.07, 6.45) is 1.45. The number of fused-ring (bicyclic) bond motifs is 2. The lowest BCUT2D eigenvalue weighted by molar-refractivity contribution is 0.0925. The third-order valence-corrected chi connectivity index (χ3v) is 9.02. The first-order valence-electron chi connectivity index (χ1n) is 11.2. The molecule has 1 fully saturated rings. The molecule has 1 N–H and O–H groups in total. The quantitative estimate of drug-likeness (QED) is 0.433. The molecule has 0 unspecified atom stereocenters. The zero-order valence-electron chi connectivity index (χ0n) is 19.3. The molecule has 10 heteroatoms. The van der Waals surface area contributed by atoms with E-state index in [1.807, 2.05) is 26.0 Å². The molecular formula is C24H26N4O4S2. The van der Waals surface area contributed by atoms with Gasteiger partial charge in [-0.1, -0.05) is 6.07 Å². The predicted molar refractivity (Wildman–Crippen MR) is 133 cm³/mol. The van der Waals surface area contributed by atoms with Gasteiger partial charge in [0.1, 0.15) is 15.9 Å². The highest BCUT2D eigenvalue weighted by atomic mass is 32.2.